The zero-order chi connectivity index (χ0) is 24.9. The van der Waals surface area contributed by atoms with Gasteiger partial charge >= 0.3 is 0 Å². The zero-order valence-corrected chi connectivity index (χ0v) is 21.9. The van der Waals surface area contributed by atoms with E-state index in [1.165, 1.54) is 18.4 Å². The summed E-state index contributed by atoms with van der Waals surface area (Å²) in [5, 5.41) is 0. The van der Waals surface area contributed by atoms with Gasteiger partial charge in [0.25, 0.3) is 5.91 Å². The highest BCUT2D eigenvalue weighted by molar-refractivity contribution is 5.96. The lowest BCUT2D eigenvalue weighted by Crippen LogP contribution is -2.58. The first kappa shape index (κ1) is 25.6. The molecule has 6 nitrogen and oxygen atoms in total. The minimum absolute atomic E-state index is 0.0112. The summed E-state index contributed by atoms with van der Waals surface area (Å²) in [6.07, 6.45) is 12.0. The average Bonchev–Trinajstić information content (AvgIpc) is 2.85. The molecule has 192 valence electrons. The monoisotopic (exact) mass is 482 g/mol. The molecule has 0 aromatic heterocycles. The summed E-state index contributed by atoms with van der Waals surface area (Å²) >= 11 is 0. The summed E-state index contributed by atoms with van der Waals surface area (Å²) in [6.45, 7) is 6.99. The van der Waals surface area contributed by atoms with Crippen molar-refractivity contribution >= 4 is 11.8 Å². The van der Waals surface area contributed by atoms with Crippen LogP contribution in [0.3, 0.4) is 0 Å². The molecule has 2 aliphatic carbocycles. The molecule has 3 aliphatic rings. The molecule has 2 fully saturated rings. The molecule has 1 heterocycles. The van der Waals surface area contributed by atoms with Crippen LogP contribution in [0.1, 0.15) is 90.2 Å². The Kier molecular flexibility index (Phi) is 8.40. The van der Waals surface area contributed by atoms with Crippen LogP contribution in [0.15, 0.2) is 29.8 Å². The number of methoxy groups -OCH3 is 1. The molecule has 0 spiro atoms. The molecule has 0 radical (unpaired) electrons. The standard InChI is InChI=1S/C29H42N2O4/c1-20(2)35-25-15-12-23(18-26(25)34-4)28-29(33)31(24-13-10-21(3)11-14-24)19-27(32)30(28)17-16-22-8-6-5-7-9-22/h8,12,15,18,20-21,24,28H,5-7,9-11,13-14,16-17,19H2,1-4H3/t21?,24?,28-/m1/s1. The summed E-state index contributed by atoms with van der Waals surface area (Å²) in [6, 6.07) is 5.21. The number of hydrogen-bond donors (Lipinski definition) is 0. The molecule has 2 amide bonds. The lowest BCUT2D eigenvalue weighted by Gasteiger charge is -2.45. The first-order chi connectivity index (χ1) is 16.9. The second kappa shape index (κ2) is 11.5. The normalized spacial score (nSPS) is 25.6. The van der Waals surface area contributed by atoms with Gasteiger partial charge < -0.3 is 19.3 Å². The minimum atomic E-state index is -0.623. The number of amides is 2. The third-order valence-electron chi connectivity index (χ3n) is 7.81. The van der Waals surface area contributed by atoms with Crippen molar-refractivity contribution in [2.75, 3.05) is 20.2 Å². The lowest BCUT2D eigenvalue weighted by atomic mass is 9.85. The van der Waals surface area contributed by atoms with Gasteiger partial charge in [-0.15, -0.1) is 0 Å². The summed E-state index contributed by atoms with van der Waals surface area (Å²) in [5.74, 6) is 2.02. The van der Waals surface area contributed by atoms with Crippen LogP contribution >= 0.6 is 0 Å². The Hall–Kier alpha value is -2.50. The summed E-state index contributed by atoms with van der Waals surface area (Å²) < 4.78 is 11.5. The van der Waals surface area contributed by atoms with Crippen molar-refractivity contribution in [1.82, 2.24) is 9.80 Å². The van der Waals surface area contributed by atoms with E-state index < -0.39 is 6.04 Å². The molecule has 1 saturated heterocycles. The smallest absolute Gasteiger partial charge is 0.250 e. The molecular formula is C29H42N2O4. The zero-order valence-electron chi connectivity index (χ0n) is 21.9. The first-order valence-corrected chi connectivity index (χ1v) is 13.5. The summed E-state index contributed by atoms with van der Waals surface area (Å²) in [7, 11) is 1.61. The number of nitrogens with zero attached hydrogens (tertiary/aromatic N) is 2. The Morgan fingerprint density at radius 3 is 2.49 bits per heavy atom. The van der Waals surface area contributed by atoms with Gasteiger partial charge in [-0.05, 0) is 95.2 Å². The minimum Gasteiger partial charge on any atom is -0.493 e. The highest BCUT2D eigenvalue weighted by Crippen LogP contribution is 2.38. The molecular weight excluding hydrogens is 440 g/mol. The SMILES string of the molecule is COc1cc([C@@H]2C(=O)N(C3CCC(C)CC3)CC(=O)N2CCC2=CCCCC2)ccc1OC(C)C. The Morgan fingerprint density at radius 2 is 1.83 bits per heavy atom. The van der Waals surface area contributed by atoms with Crippen LogP contribution in [0.25, 0.3) is 0 Å². The quantitative estimate of drug-likeness (QED) is 0.449. The Labute approximate surface area is 210 Å². The van der Waals surface area contributed by atoms with E-state index >= 15 is 0 Å². The van der Waals surface area contributed by atoms with E-state index in [4.69, 9.17) is 9.47 Å². The summed E-state index contributed by atoms with van der Waals surface area (Å²) in [5.41, 5.74) is 2.21. The van der Waals surface area contributed by atoms with Gasteiger partial charge in [0.05, 0.1) is 13.2 Å². The largest absolute Gasteiger partial charge is 0.493 e. The number of ether oxygens (including phenoxy) is 2. The van der Waals surface area contributed by atoms with Gasteiger partial charge in [-0.1, -0.05) is 24.6 Å². The fourth-order valence-electron chi connectivity index (χ4n) is 5.79. The topological polar surface area (TPSA) is 59.1 Å². The maximum atomic E-state index is 14.0. The average molecular weight is 483 g/mol. The van der Waals surface area contributed by atoms with Crippen molar-refractivity contribution in [3.63, 3.8) is 0 Å². The number of piperazine rings is 1. The van der Waals surface area contributed by atoms with Crippen LogP contribution in [-0.4, -0.2) is 54.0 Å². The highest BCUT2D eigenvalue weighted by atomic mass is 16.5. The van der Waals surface area contributed by atoms with Gasteiger partial charge in [0.1, 0.15) is 12.6 Å². The van der Waals surface area contributed by atoms with Gasteiger partial charge in [0.15, 0.2) is 11.5 Å². The molecule has 1 aromatic rings. The van der Waals surface area contributed by atoms with E-state index in [-0.39, 0.29) is 30.5 Å². The van der Waals surface area contributed by atoms with Crippen LogP contribution in [0, 0.1) is 5.92 Å². The fraction of sp³-hybridized carbons (Fsp3) is 0.655. The van der Waals surface area contributed by atoms with E-state index in [1.54, 1.807) is 7.11 Å². The first-order valence-electron chi connectivity index (χ1n) is 13.5. The number of carbonyl (C=O) groups excluding carboxylic acids is 2. The third-order valence-corrected chi connectivity index (χ3v) is 7.81. The Balaban J connectivity index is 1.63. The second-order valence-electron chi connectivity index (χ2n) is 10.8. The fourth-order valence-corrected chi connectivity index (χ4v) is 5.79. The molecule has 4 rings (SSSR count). The molecule has 1 atom stereocenters. The van der Waals surface area contributed by atoms with E-state index in [0.717, 1.165) is 50.5 Å². The van der Waals surface area contributed by atoms with Crippen molar-refractivity contribution in [3.05, 3.63) is 35.4 Å². The van der Waals surface area contributed by atoms with Gasteiger partial charge in [-0.2, -0.15) is 0 Å². The van der Waals surface area contributed by atoms with Crippen molar-refractivity contribution in [1.29, 1.82) is 0 Å². The second-order valence-corrected chi connectivity index (χ2v) is 10.8. The van der Waals surface area contributed by atoms with E-state index in [1.807, 2.05) is 41.8 Å². The van der Waals surface area contributed by atoms with Crippen molar-refractivity contribution in [2.24, 2.45) is 5.92 Å². The Bertz CT molecular complexity index is 933. The lowest BCUT2D eigenvalue weighted by molar-refractivity contribution is -0.159. The molecule has 0 N–H and O–H groups in total. The van der Waals surface area contributed by atoms with Gasteiger partial charge in [-0.25, -0.2) is 0 Å². The summed E-state index contributed by atoms with van der Waals surface area (Å²) in [4.78, 5) is 31.3. The third kappa shape index (κ3) is 6.02. The van der Waals surface area contributed by atoms with Gasteiger partial charge in [0, 0.05) is 12.6 Å². The van der Waals surface area contributed by atoms with Crippen LogP contribution in [0.5, 0.6) is 11.5 Å². The predicted octanol–water partition coefficient (Wildman–Crippen LogP) is 5.66. The predicted molar refractivity (Wildman–Crippen MR) is 138 cm³/mol. The van der Waals surface area contributed by atoms with Gasteiger partial charge in [-0.3, -0.25) is 9.59 Å². The number of rotatable bonds is 8. The van der Waals surface area contributed by atoms with E-state index in [0.29, 0.717) is 24.0 Å². The van der Waals surface area contributed by atoms with Crippen molar-refractivity contribution in [3.8, 4) is 11.5 Å². The number of allylic oxidation sites excluding steroid dienone is 1. The molecule has 0 bridgehead atoms. The number of carbonyl (C=O) groups is 2. The highest BCUT2D eigenvalue weighted by Gasteiger charge is 2.43. The molecule has 1 saturated carbocycles. The van der Waals surface area contributed by atoms with Crippen LogP contribution in [0.4, 0.5) is 0 Å². The molecule has 35 heavy (non-hydrogen) atoms. The maximum Gasteiger partial charge on any atom is 0.250 e. The van der Waals surface area contributed by atoms with Crippen LogP contribution in [-0.2, 0) is 9.59 Å². The van der Waals surface area contributed by atoms with E-state index in [9.17, 15) is 9.59 Å². The molecule has 1 aromatic carbocycles. The molecule has 1 aliphatic heterocycles. The molecule has 6 heteroatoms. The van der Waals surface area contributed by atoms with Gasteiger partial charge in [0.2, 0.25) is 5.91 Å². The maximum absolute atomic E-state index is 14.0. The van der Waals surface area contributed by atoms with Crippen LogP contribution in [0.2, 0.25) is 0 Å². The van der Waals surface area contributed by atoms with Crippen LogP contribution < -0.4 is 9.47 Å². The Morgan fingerprint density at radius 1 is 1.06 bits per heavy atom. The van der Waals surface area contributed by atoms with Crippen molar-refractivity contribution < 1.29 is 19.1 Å². The molecule has 0 unspecified atom stereocenters. The number of benzene rings is 1. The number of hydrogen-bond acceptors (Lipinski definition) is 4. The van der Waals surface area contributed by atoms with E-state index in [2.05, 4.69) is 13.0 Å². The van der Waals surface area contributed by atoms with Crippen molar-refractivity contribution in [2.45, 2.75) is 96.7 Å².